The Morgan fingerprint density at radius 2 is 1.53 bits per heavy atom. The van der Waals surface area contributed by atoms with Gasteiger partial charge in [-0.15, -0.1) is 0 Å². The summed E-state index contributed by atoms with van der Waals surface area (Å²) in [5, 5.41) is 0. The molecule has 0 unspecified atom stereocenters. The van der Waals surface area contributed by atoms with Gasteiger partial charge in [-0.05, 0) is 31.7 Å². The van der Waals surface area contributed by atoms with Gasteiger partial charge in [0.25, 0.3) is 0 Å². The van der Waals surface area contributed by atoms with Gasteiger partial charge in [0, 0.05) is 13.1 Å². The number of piperidine rings is 1. The van der Waals surface area contributed by atoms with Crippen LogP contribution in [0.25, 0.3) is 11.1 Å². The molecule has 0 spiro atoms. The molecule has 1 fully saturated rings. The van der Waals surface area contributed by atoms with Gasteiger partial charge in [-0.1, -0.05) is 29.8 Å². The zero-order valence-corrected chi connectivity index (χ0v) is 11.1. The molecule has 0 bridgehead atoms. The summed E-state index contributed by atoms with van der Waals surface area (Å²) in [6.07, 6.45) is 3.42. The Kier molecular flexibility index (Phi) is 2.97. The highest BCUT2D eigenvalue weighted by Crippen LogP contribution is 2.28. The van der Waals surface area contributed by atoms with E-state index >= 15 is 0 Å². The van der Waals surface area contributed by atoms with E-state index in [0.717, 1.165) is 37.1 Å². The highest BCUT2D eigenvalue weighted by molar-refractivity contribution is 5.82. The molecule has 1 saturated heterocycles. The van der Waals surface area contributed by atoms with Crippen molar-refractivity contribution in [3.8, 4) is 11.1 Å². The molecule has 0 amide bonds. The predicted octanol–water partition coefficient (Wildman–Crippen LogP) is 2.25. The normalized spacial score (nSPS) is 15.9. The van der Waals surface area contributed by atoms with Crippen molar-refractivity contribution in [3.63, 3.8) is 0 Å². The maximum absolute atomic E-state index is 11.9. The highest BCUT2D eigenvalue weighted by atomic mass is 16.2. The molecule has 3 nitrogen and oxygen atoms in total. The molecule has 1 heterocycles. The fourth-order valence-electron chi connectivity index (χ4n) is 2.79. The molecule has 3 rings (SSSR count). The van der Waals surface area contributed by atoms with E-state index in [1.165, 1.54) is 6.42 Å². The van der Waals surface area contributed by atoms with Gasteiger partial charge in [0.2, 0.25) is 10.9 Å². The Labute approximate surface area is 112 Å². The SMILES string of the molecule is Cc1ccc(-c2c(N3CCCCC3)c(=O)c2=O)cc1. The summed E-state index contributed by atoms with van der Waals surface area (Å²) >= 11 is 0. The Morgan fingerprint density at radius 1 is 0.895 bits per heavy atom. The van der Waals surface area contributed by atoms with Crippen molar-refractivity contribution in [2.24, 2.45) is 0 Å². The highest BCUT2D eigenvalue weighted by Gasteiger charge is 2.27. The van der Waals surface area contributed by atoms with Crippen molar-refractivity contribution in [1.82, 2.24) is 0 Å². The lowest BCUT2D eigenvalue weighted by molar-refractivity contribution is 0.576. The van der Waals surface area contributed by atoms with Crippen LogP contribution in [0.2, 0.25) is 0 Å². The van der Waals surface area contributed by atoms with Crippen LogP contribution in [0.15, 0.2) is 33.9 Å². The van der Waals surface area contributed by atoms with Crippen LogP contribution < -0.4 is 15.8 Å². The lowest BCUT2D eigenvalue weighted by Gasteiger charge is -2.30. The molecule has 1 aliphatic heterocycles. The molecule has 19 heavy (non-hydrogen) atoms. The zero-order chi connectivity index (χ0) is 13.4. The molecule has 1 aliphatic rings. The second-order valence-electron chi connectivity index (χ2n) is 5.30. The van der Waals surface area contributed by atoms with E-state index in [1.807, 2.05) is 31.2 Å². The minimum Gasteiger partial charge on any atom is -0.368 e. The summed E-state index contributed by atoms with van der Waals surface area (Å²) < 4.78 is 0. The van der Waals surface area contributed by atoms with Gasteiger partial charge in [0.05, 0.1) is 5.56 Å². The third-order valence-electron chi connectivity index (χ3n) is 3.90. The topological polar surface area (TPSA) is 37.4 Å². The van der Waals surface area contributed by atoms with Gasteiger partial charge < -0.3 is 4.90 Å². The molecule has 98 valence electrons. The standard InChI is InChI=1S/C16H17NO2/c1-11-5-7-12(8-6-11)13-14(16(19)15(13)18)17-9-3-2-4-10-17/h5-8H,2-4,9-10H2,1H3. The van der Waals surface area contributed by atoms with Crippen LogP contribution in [0.4, 0.5) is 5.69 Å². The summed E-state index contributed by atoms with van der Waals surface area (Å²) in [6.45, 7) is 3.80. The van der Waals surface area contributed by atoms with Gasteiger partial charge in [0.15, 0.2) is 0 Å². The average molecular weight is 255 g/mol. The molecular formula is C16H17NO2. The quantitative estimate of drug-likeness (QED) is 0.772. The molecule has 0 aliphatic carbocycles. The maximum Gasteiger partial charge on any atom is 0.250 e. The monoisotopic (exact) mass is 255 g/mol. The minimum atomic E-state index is -0.329. The molecular weight excluding hydrogens is 238 g/mol. The van der Waals surface area contributed by atoms with E-state index in [1.54, 1.807) is 0 Å². The second kappa shape index (κ2) is 4.65. The van der Waals surface area contributed by atoms with Crippen LogP contribution in [-0.4, -0.2) is 13.1 Å². The molecule has 2 aromatic rings. The van der Waals surface area contributed by atoms with Crippen LogP contribution in [0.3, 0.4) is 0 Å². The zero-order valence-electron chi connectivity index (χ0n) is 11.1. The molecule has 0 atom stereocenters. The Bertz CT molecular complexity index is 657. The van der Waals surface area contributed by atoms with Gasteiger partial charge in [-0.3, -0.25) is 9.59 Å². The Morgan fingerprint density at radius 3 is 2.16 bits per heavy atom. The Balaban J connectivity index is 2.02. The first-order valence-electron chi connectivity index (χ1n) is 6.84. The summed E-state index contributed by atoms with van der Waals surface area (Å²) in [4.78, 5) is 25.8. The lowest BCUT2D eigenvalue weighted by atomic mass is 9.95. The van der Waals surface area contributed by atoms with Crippen molar-refractivity contribution in [2.75, 3.05) is 18.0 Å². The van der Waals surface area contributed by atoms with Crippen molar-refractivity contribution < 1.29 is 0 Å². The number of anilines is 1. The largest absolute Gasteiger partial charge is 0.368 e. The number of aryl methyl sites for hydroxylation is 1. The summed E-state index contributed by atoms with van der Waals surface area (Å²) in [5.41, 5.74) is 2.65. The summed E-state index contributed by atoms with van der Waals surface area (Å²) in [5.74, 6) is 0. The summed E-state index contributed by atoms with van der Waals surface area (Å²) in [7, 11) is 0. The molecule has 3 heteroatoms. The first-order valence-corrected chi connectivity index (χ1v) is 6.84. The maximum atomic E-state index is 11.9. The van der Waals surface area contributed by atoms with Crippen LogP contribution in [0.5, 0.6) is 0 Å². The molecule has 2 aromatic carbocycles. The van der Waals surface area contributed by atoms with Crippen LogP contribution in [0.1, 0.15) is 24.8 Å². The molecule has 0 aromatic heterocycles. The summed E-state index contributed by atoms with van der Waals surface area (Å²) in [6, 6.07) is 7.82. The smallest absolute Gasteiger partial charge is 0.250 e. The van der Waals surface area contributed by atoms with E-state index in [-0.39, 0.29) is 10.9 Å². The van der Waals surface area contributed by atoms with Crippen molar-refractivity contribution in [2.45, 2.75) is 26.2 Å². The van der Waals surface area contributed by atoms with E-state index in [9.17, 15) is 9.59 Å². The van der Waals surface area contributed by atoms with E-state index in [2.05, 4.69) is 4.90 Å². The van der Waals surface area contributed by atoms with E-state index < -0.39 is 0 Å². The van der Waals surface area contributed by atoms with Crippen LogP contribution >= 0.6 is 0 Å². The van der Waals surface area contributed by atoms with Crippen molar-refractivity contribution in [3.05, 3.63) is 50.3 Å². The Hall–Kier alpha value is -1.90. The fraction of sp³-hybridized carbons (Fsp3) is 0.375. The minimum absolute atomic E-state index is 0.308. The second-order valence-corrected chi connectivity index (χ2v) is 5.30. The van der Waals surface area contributed by atoms with Crippen molar-refractivity contribution >= 4 is 5.69 Å². The first kappa shape index (κ1) is 12.2. The number of hydrogen-bond donors (Lipinski definition) is 0. The number of hydrogen-bond acceptors (Lipinski definition) is 3. The molecule has 0 N–H and O–H groups in total. The van der Waals surface area contributed by atoms with Gasteiger partial charge >= 0.3 is 0 Å². The number of rotatable bonds is 2. The lowest BCUT2D eigenvalue weighted by Crippen LogP contribution is -2.44. The average Bonchev–Trinajstić information content (AvgIpc) is 2.46. The number of benzene rings is 1. The van der Waals surface area contributed by atoms with Crippen LogP contribution in [0, 0.1) is 6.92 Å². The van der Waals surface area contributed by atoms with E-state index in [4.69, 9.17) is 0 Å². The third-order valence-corrected chi connectivity index (χ3v) is 3.90. The predicted molar refractivity (Wildman–Crippen MR) is 77.6 cm³/mol. The van der Waals surface area contributed by atoms with Crippen LogP contribution in [-0.2, 0) is 0 Å². The molecule has 0 radical (unpaired) electrons. The van der Waals surface area contributed by atoms with Gasteiger partial charge in [-0.2, -0.15) is 0 Å². The van der Waals surface area contributed by atoms with Gasteiger partial charge in [-0.25, -0.2) is 0 Å². The van der Waals surface area contributed by atoms with E-state index in [0.29, 0.717) is 11.3 Å². The van der Waals surface area contributed by atoms with Crippen molar-refractivity contribution in [1.29, 1.82) is 0 Å². The van der Waals surface area contributed by atoms with Gasteiger partial charge in [0.1, 0.15) is 5.69 Å². The molecule has 0 saturated carbocycles. The first-order chi connectivity index (χ1) is 9.18. The fourth-order valence-corrected chi connectivity index (χ4v) is 2.79. The number of nitrogens with zero attached hydrogens (tertiary/aromatic N) is 1. The third kappa shape index (κ3) is 1.99.